The van der Waals surface area contributed by atoms with E-state index >= 15 is 0 Å². The second-order valence-corrected chi connectivity index (χ2v) is 4.84. The SMILES string of the molecule is C=C1/C=C\C(c2ccccc2)=N/C(=C)/C=C\C(C)/C=C\1. The van der Waals surface area contributed by atoms with Crippen LogP contribution in [-0.2, 0) is 0 Å². The highest BCUT2D eigenvalue weighted by atomic mass is 14.7. The molecule has 0 spiro atoms. The van der Waals surface area contributed by atoms with Crippen molar-refractivity contribution in [1.82, 2.24) is 0 Å². The fourth-order valence-corrected chi connectivity index (χ4v) is 1.84. The molecule has 1 aliphatic heterocycles. The van der Waals surface area contributed by atoms with Gasteiger partial charge in [0, 0.05) is 5.56 Å². The molecule has 1 heterocycles. The molecule has 1 aromatic rings. The van der Waals surface area contributed by atoms with E-state index in [-0.39, 0.29) is 0 Å². The van der Waals surface area contributed by atoms with Gasteiger partial charge in [-0.1, -0.05) is 74.7 Å². The van der Waals surface area contributed by atoms with Crippen LogP contribution >= 0.6 is 0 Å². The fourth-order valence-electron chi connectivity index (χ4n) is 1.84. The lowest BCUT2D eigenvalue weighted by Gasteiger charge is -2.02. The fraction of sp³-hybridized carbons (Fsp3) is 0.105. The number of hydrogen-bond donors (Lipinski definition) is 0. The monoisotopic (exact) mass is 261 g/mol. The van der Waals surface area contributed by atoms with Gasteiger partial charge in [0.25, 0.3) is 0 Å². The van der Waals surface area contributed by atoms with E-state index in [0.29, 0.717) is 5.92 Å². The lowest BCUT2D eigenvalue weighted by molar-refractivity contribution is 0.937. The Hall–Kier alpha value is -2.41. The van der Waals surface area contributed by atoms with E-state index in [1.807, 2.05) is 54.6 Å². The molecule has 0 fully saturated rings. The molecule has 100 valence electrons. The topological polar surface area (TPSA) is 12.4 Å². The van der Waals surface area contributed by atoms with Gasteiger partial charge in [0.15, 0.2) is 0 Å². The summed E-state index contributed by atoms with van der Waals surface area (Å²) in [5.74, 6) is 0.338. The van der Waals surface area contributed by atoms with Crippen LogP contribution in [0.5, 0.6) is 0 Å². The highest BCUT2D eigenvalue weighted by Gasteiger charge is 2.01. The van der Waals surface area contributed by atoms with E-state index in [2.05, 4.69) is 37.2 Å². The number of benzene rings is 1. The zero-order valence-corrected chi connectivity index (χ0v) is 11.8. The van der Waals surface area contributed by atoms with Crippen molar-refractivity contribution < 1.29 is 0 Å². The summed E-state index contributed by atoms with van der Waals surface area (Å²) < 4.78 is 0. The van der Waals surface area contributed by atoms with Gasteiger partial charge in [0.2, 0.25) is 0 Å². The molecule has 0 radical (unpaired) electrons. The summed E-state index contributed by atoms with van der Waals surface area (Å²) in [5, 5.41) is 0. The van der Waals surface area contributed by atoms with Crippen LogP contribution in [0.1, 0.15) is 12.5 Å². The van der Waals surface area contributed by atoms with Crippen molar-refractivity contribution in [2.45, 2.75) is 6.92 Å². The first kappa shape index (κ1) is 14.0. The van der Waals surface area contributed by atoms with Crippen molar-refractivity contribution in [2.75, 3.05) is 0 Å². The molecule has 0 saturated carbocycles. The molecule has 0 aliphatic carbocycles. The Labute approximate surface area is 121 Å². The molecule has 1 heteroatoms. The molecule has 20 heavy (non-hydrogen) atoms. The molecule has 1 atom stereocenters. The average Bonchev–Trinajstić information content (AvgIpc) is 2.49. The van der Waals surface area contributed by atoms with Gasteiger partial charge in [-0.05, 0) is 23.6 Å². The van der Waals surface area contributed by atoms with Crippen molar-refractivity contribution in [1.29, 1.82) is 0 Å². The number of hydrogen-bond acceptors (Lipinski definition) is 1. The lowest BCUT2D eigenvalue weighted by atomic mass is 10.1. The van der Waals surface area contributed by atoms with Gasteiger partial charge in [0.1, 0.15) is 0 Å². The largest absolute Gasteiger partial charge is 0.249 e. The Morgan fingerprint density at radius 2 is 1.60 bits per heavy atom. The predicted octanol–water partition coefficient (Wildman–Crippen LogP) is 4.86. The Balaban J connectivity index is 2.43. The summed E-state index contributed by atoms with van der Waals surface area (Å²) in [5.41, 5.74) is 3.68. The molecule has 1 aromatic carbocycles. The Kier molecular flexibility index (Phi) is 4.67. The molecule has 1 nitrogen and oxygen atoms in total. The molecular formula is C19H19N. The van der Waals surface area contributed by atoms with Crippen LogP contribution in [0.4, 0.5) is 0 Å². The van der Waals surface area contributed by atoms with Crippen LogP contribution in [0.25, 0.3) is 0 Å². The van der Waals surface area contributed by atoms with Gasteiger partial charge < -0.3 is 0 Å². The third-order valence-corrected chi connectivity index (χ3v) is 2.99. The van der Waals surface area contributed by atoms with E-state index < -0.39 is 0 Å². The van der Waals surface area contributed by atoms with Gasteiger partial charge >= 0.3 is 0 Å². The normalized spacial score (nSPS) is 27.1. The van der Waals surface area contributed by atoms with Gasteiger partial charge in [-0.2, -0.15) is 0 Å². The Bertz CT molecular complexity index is 612. The molecule has 0 N–H and O–H groups in total. The molecule has 2 rings (SSSR count). The molecule has 1 unspecified atom stereocenters. The highest BCUT2D eigenvalue weighted by molar-refractivity contribution is 6.09. The maximum absolute atomic E-state index is 4.60. The van der Waals surface area contributed by atoms with Crippen LogP contribution < -0.4 is 0 Å². The quantitative estimate of drug-likeness (QED) is 0.684. The van der Waals surface area contributed by atoms with Gasteiger partial charge in [-0.15, -0.1) is 0 Å². The first-order chi connectivity index (χ1) is 9.65. The maximum atomic E-state index is 4.60. The summed E-state index contributed by atoms with van der Waals surface area (Å²) >= 11 is 0. The van der Waals surface area contributed by atoms with Crippen LogP contribution in [0.15, 0.2) is 96.2 Å². The number of nitrogens with zero attached hydrogens (tertiary/aromatic N) is 1. The van der Waals surface area contributed by atoms with Crippen molar-refractivity contribution in [3.05, 3.63) is 96.8 Å². The van der Waals surface area contributed by atoms with Crippen molar-refractivity contribution in [3.8, 4) is 0 Å². The summed E-state index contributed by atoms with van der Waals surface area (Å²) in [6.45, 7) is 10.1. The molecule has 0 amide bonds. The summed E-state index contributed by atoms with van der Waals surface area (Å²) in [6.07, 6.45) is 12.2. The van der Waals surface area contributed by atoms with Crippen LogP contribution in [0.3, 0.4) is 0 Å². The Morgan fingerprint density at radius 1 is 0.900 bits per heavy atom. The second kappa shape index (κ2) is 6.67. The molecule has 1 aliphatic rings. The second-order valence-electron chi connectivity index (χ2n) is 4.84. The number of rotatable bonds is 1. The van der Waals surface area contributed by atoms with Crippen molar-refractivity contribution >= 4 is 5.71 Å². The first-order valence-corrected chi connectivity index (χ1v) is 6.71. The van der Waals surface area contributed by atoms with Crippen LogP contribution in [0.2, 0.25) is 0 Å². The number of allylic oxidation sites excluding steroid dienone is 7. The highest BCUT2D eigenvalue weighted by Crippen LogP contribution is 2.12. The van der Waals surface area contributed by atoms with Crippen LogP contribution in [-0.4, -0.2) is 5.71 Å². The minimum absolute atomic E-state index is 0.338. The van der Waals surface area contributed by atoms with E-state index in [1.165, 1.54) is 0 Å². The predicted molar refractivity (Wildman–Crippen MR) is 87.8 cm³/mol. The van der Waals surface area contributed by atoms with Crippen molar-refractivity contribution in [3.63, 3.8) is 0 Å². The standard InChI is InChI=1S/C19H19N/c1-15-9-10-16(2)12-14-19(20-17(3)13-11-15)18-7-5-4-6-8-18/h4-15H,2-3H2,1H3/b10-9-,13-11-,14-12-,20-19+. The van der Waals surface area contributed by atoms with E-state index in [1.54, 1.807) is 0 Å². The van der Waals surface area contributed by atoms with Crippen LogP contribution in [0, 0.1) is 5.92 Å². The molecular weight excluding hydrogens is 242 g/mol. The number of aliphatic imine (C=N–C) groups is 1. The van der Waals surface area contributed by atoms with E-state index in [4.69, 9.17) is 0 Å². The smallest absolute Gasteiger partial charge is 0.0709 e. The molecule has 0 bridgehead atoms. The van der Waals surface area contributed by atoms with Crippen molar-refractivity contribution in [2.24, 2.45) is 10.9 Å². The average molecular weight is 261 g/mol. The molecule has 0 aromatic heterocycles. The van der Waals surface area contributed by atoms with Gasteiger partial charge in [-0.25, -0.2) is 4.99 Å². The first-order valence-electron chi connectivity index (χ1n) is 6.71. The van der Waals surface area contributed by atoms with Gasteiger partial charge in [0.05, 0.1) is 11.4 Å². The molecule has 0 saturated heterocycles. The zero-order chi connectivity index (χ0) is 14.4. The van der Waals surface area contributed by atoms with E-state index in [9.17, 15) is 0 Å². The van der Waals surface area contributed by atoms with E-state index in [0.717, 1.165) is 22.5 Å². The third-order valence-electron chi connectivity index (χ3n) is 2.99. The third kappa shape index (κ3) is 4.06. The minimum atomic E-state index is 0.338. The Morgan fingerprint density at radius 3 is 2.35 bits per heavy atom. The van der Waals surface area contributed by atoms with Gasteiger partial charge in [-0.3, -0.25) is 0 Å². The lowest BCUT2D eigenvalue weighted by Crippen LogP contribution is -1.97. The summed E-state index contributed by atoms with van der Waals surface area (Å²) in [6, 6.07) is 10.1. The minimum Gasteiger partial charge on any atom is -0.249 e. The maximum Gasteiger partial charge on any atom is 0.0709 e. The zero-order valence-electron chi connectivity index (χ0n) is 11.8. The summed E-state index contributed by atoms with van der Waals surface area (Å²) in [4.78, 5) is 4.60. The summed E-state index contributed by atoms with van der Waals surface area (Å²) in [7, 11) is 0.